The second-order valence-corrected chi connectivity index (χ2v) is 7.99. The van der Waals surface area contributed by atoms with Gasteiger partial charge in [0, 0.05) is 44.3 Å². The zero-order valence-electron chi connectivity index (χ0n) is 17.5. The highest BCUT2D eigenvalue weighted by molar-refractivity contribution is 6.31. The molecular weight excluding hydrogens is 455 g/mol. The quantitative estimate of drug-likeness (QED) is 0.582. The molecule has 3 aromatic rings. The molecule has 33 heavy (non-hydrogen) atoms. The normalized spacial score (nSPS) is 15.8. The van der Waals surface area contributed by atoms with E-state index < -0.39 is 28.7 Å². The molecule has 0 spiro atoms. The van der Waals surface area contributed by atoms with Crippen molar-refractivity contribution < 1.29 is 18.0 Å². The summed E-state index contributed by atoms with van der Waals surface area (Å²) >= 11 is 5.71. The van der Waals surface area contributed by atoms with Crippen LogP contribution >= 0.6 is 11.6 Å². The van der Waals surface area contributed by atoms with E-state index in [0.717, 1.165) is 23.5 Å². The van der Waals surface area contributed by atoms with Crippen LogP contribution in [0.25, 0.3) is 0 Å². The molecule has 2 aromatic carbocycles. The summed E-state index contributed by atoms with van der Waals surface area (Å²) in [5.41, 5.74) is -0.195. The van der Waals surface area contributed by atoms with Crippen molar-refractivity contribution in [3.63, 3.8) is 0 Å². The Kier molecular flexibility index (Phi) is 6.80. The van der Waals surface area contributed by atoms with Crippen LogP contribution in [0.2, 0.25) is 5.02 Å². The molecule has 0 aliphatic carbocycles. The third-order valence-corrected chi connectivity index (χ3v) is 5.79. The Bertz CT molecular complexity index is 1090. The Balaban J connectivity index is 1.54. The van der Waals surface area contributed by atoms with Crippen molar-refractivity contribution in [1.29, 1.82) is 0 Å². The van der Waals surface area contributed by atoms with Crippen molar-refractivity contribution in [3.8, 4) is 0 Å². The Morgan fingerprint density at radius 2 is 1.76 bits per heavy atom. The summed E-state index contributed by atoms with van der Waals surface area (Å²) in [6.45, 7) is 2.40. The highest BCUT2D eigenvalue weighted by Crippen LogP contribution is 2.36. The average molecular weight is 476 g/mol. The van der Waals surface area contributed by atoms with Crippen molar-refractivity contribution in [2.75, 3.05) is 36.4 Å². The largest absolute Gasteiger partial charge is 0.417 e. The molecule has 1 aliphatic rings. The van der Waals surface area contributed by atoms with Gasteiger partial charge in [0.2, 0.25) is 5.91 Å². The van der Waals surface area contributed by atoms with Gasteiger partial charge in [-0.15, -0.1) is 0 Å². The lowest BCUT2D eigenvalue weighted by Gasteiger charge is -2.39. The standard InChI is InChI=1S/C23H21ClF3N5O/c24-19-7-6-17(14-18(19)23(25,26)27)30-22(33)21(16-4-2-1-3-5-16)32-12-10-31(11-13-32)20-15-28-8-9-29-20/h1-9,14-15,21H,10-13H2,(H,30,33)/t21-/m1/s1. The number of carbonyl (C=O) groups excluding carboxylic acids is 1. The molecule has 4 rings (SSSR count). The number of piperazine rings is 1. The minimum Gasteiger partial charge on any atom is -0.353 e. The van der Waals surface area contributed by atoms with E-state index in [9.17, 15) is 18.0 Å². The van der Waals surface area contributed by atoms with Crippen molar-refractivity contribution in [2.45, 2.75) is 12.2 Å². The van der Waals surface area contributed by atoms with Crippen LogP contribution in [0.4, 0.5) is 24.7 Å². The summed E-state index contributed by atoms with van der Waals surface area (Å²) in [6, 6.07) is 11.9. The Morgan fingerprint density at radius 1 is 1.03 bits per heavy atom. The number of carbonyl (C=O) groups is 1. The molecule has 172 valence electrons. The number of amides is 1. The maximum absolute atomic E-state index is 13.3. The predicted octanol–water partition coefficient (Wildman–Crippen LogP) is 4.65. The zero-order valence-corrected chi connectivity index (χ0v) is 18.2. The second-order valence-electron chi connectivity index (χ2n) is 7.58. The van der Waals surface area contributed by atoms with E-state index in [1.165, 1.54) is 6.07 Å². The van der Waals surface area contributed by atoms with Crippen LogP contribution in [0.15, 0.2) is 67.1 Å². The molecule has 1 aromatic heterocycles. The van der Waals surface area contributed by atoms with Gasteiger partial charge in [-0.1, -0.05) is 41.9 Å². The number of alkyl halides is 3. The van der Waals surface area contributed by atoms with Gasteiger partial charge >= 0.3 is 6.18 Å². The molecule has 1 N–H and O–H groups in total. The van der Waals surface area contributed by atoms with E-state index in [1.807, 2.05) is 35.2 Å². The predicted molar refractivity (Wildman–Crippen MR) is 120 cm³/mol. The molecule has 0 radical (unpaired) electrons. The lowest BCUT2D eigenvalue weighted by molar-refractivity contribution is -0.137. The van der Waals surface area contributed by atoms with Crippen LogP contribution in [0, 0.1) is 0 Å². The first-order valence-corrected chi connectivity index (χ1v) is 10.7. The third kappa shape index (κ3) is 5.43. The number of hydrogen-bond acceptors (Lipinski definition) is 5. The summed E-state index contributed by atoms with van der Waals surface area (Å²) in [5, 5.41) is 2.23. The molecule has 0 bridgehead atoms. The molecule has 6 nitrogen and oxygen atoms in total. The van der Waals surface area contributed by atoms with Crippen LogP contribution in [-0.2, 0) is 11.0 Å². The van der Waals surface area contributed by atoms with E-state index in [1.54, 1.807) is 18.6 Å². The van der Waals surface area contributed by atoms with Gasteiger partial charge in [0.05, 0.1) is 16.8 Å². The molecule has 0 unspecified atom stereocenters. The van der Waals surface area contributed by atoms with Gasteiger partial charge in [-0.25, -0.2) is 4.98 Å². The molecule has 1 amide bonds. The monoisotopic (exact) mass is 475 g/mol. The molecule has 1 atom stereocenters. The highest BCUT2D eigenvalue weighted by atomic mass is 35.5. The van der Waals surface area contributed by atoms with Gasteiger partial charge in [0.25, 0.3) is 0 Å². The number of halogens is 4. The minimum absolute atomic E-state index is 0.0378. The molecular formula is C23H21ClF3N5O. The van der Waals surface area contributed by atoms with E-state index in [4.69, 9.17) is 11.6 Å². The van der Waals surface area contributed by atoms with Crippen LogP contribution in [-0.4, -0.2) is 47.0 Å². The molecule has 0 saturated carbocycles. The summed E-state index contributed by atoms with van der Waals surface area (Å²) < 4.78 is 39.7. The average Bonchev–Trinajstić information content (AvgIpc) is 2.81. The van der Waals surface area contributed by atoms with Crippen molar-refractivity contribution in [2.24, 2.45) is 0 Å². The van der Waals surface area contributed by atoms with Crippen LogP contribution in [0.1, 0.15) is 17.2 Å². The maximum Gasteiger partial charge on any atom is 0.417 e. The molecule has 1 saturated heterocycles. The van der Waals surface area contributed by atoms with Gasteiger partial charge in [-0.3, -0.25) is 14.7 Å². The third-order valence-electron chi connectivity index (χ3n) is 5.46. The summed E-state index contributed by atoms with van der Waals surface area (Å²) in [7, 11) is 0. The summed E-state index contributed by atoms with van der Waals surface area (Å²) in [5.74, 6) is 0.350. The number of benzene rings is 2. The van der Waals surface area contributed by atoms with Crippen molar-refractivity contribution in [1.82, 2.24) is 14.9 Å². The molecule has 1 fully saturated rings. The molecule has 10 heteroatoms. The lowest BCUT2D eigenvalue weighted by Crippen LogP contribution is -2.50. The smallest absolute Gasteiger partial charge is 0.353 e. The van der Waals surface area contributed by atoms with Crippen LogP contribution in [0.5, 0.6) is 0 Å². The molecule has 2 heterocycles. The Hall–Kier alpha value is -3.17. The number of anilines is 2. The highest BCUT2D eigenvalue weighted by Gasteiger charge is 2.34. The number of aromatic nitrogens is 2. The number of hydrogen-bond donors (Lipinski definition) is 1. The maximum atomic E-state index is 13.3. The van der Waals surface area contributed by atoms with E-state index in [0.29, 0.717) is 26.2 Å². The van der Waals surface area contributed by atoms with E-state index in [-0.39, 0.29) is 5.69 Å². The topological polar surface area (TPSA) is 61.4 Å². The van der Waals surface area contributed by atoms with E-state index in [2.05, 4.69) is 20.2 Å². The minimum atomic E-state index is -4.62. The molecule has 1 aliphatic heterocycles. The number of rotatable bonds is 5. The Morgan fingerprint density at radius 3 is 2.39 bits per heavy atom. The van der Waals surface area contributed by atoms with Gasteiger partial charge in [-0.05, 0) is 23.8 Å². The summed E-state index contributed by atoms with van der Waals surface area (Å²) in [4.78, 5) is 25.8. The first-order valence-electron chi connectivity index (χ1n) is 10.3. The fourth-order valence-electron chi connectivity index (χ4n) is 3.86. The first kappa shape index (κ1) is 23.0. The van der Waals surface area contributed by atoms with Gasteiger partial charge in [0.1, 0.15) is 11.9 Å². The van der Waals surface area contributed by atoms with E-state index >= 15 is 0 Å². The zero-order chi connectivity index (χ0) is 23.4. The van der Waals surface area contributed by atoms with Gasteiger partial charge in [-0.2, -0.15) is 13.2 Å². The van der Waals surface area contributed by atoms with Crippen molar-refractivity contribution in [3.05, 3.63) is 83.3 Å². The second kappa shape index (κ2) is 9.76. The van der Waals surface area contributed by atoms with Crippen molar-refractivity contribution >= 4 is 29.0 Å². The number of nitrogens with zero attached hydrogens (tertiary/aromatic N) is 4. The van der Waals surface area contributed by atoms with Crippen LogP contribution < -0.4 is 10.2 Å². The fraction of sp³-hybridized carbons (Fsp3) is 0.261. The van der Waals surface area contributed by atoms with Gasteiger partial charge in [0.15, 0.2) is 0 Å². The fourth-order valence-corrected chi connectivity index (χ4v) is 4.08. The summed E-state index contributed by atoms with van der Waals surface area (Å²) in [6.07, 6.45) is 0.308. The van der Waals surface area contributed by atoms with Gasteiger partial charge < -0.3 is 10.2 Å². The lowest BCUT2D eigenvalue weighted by atomic mass is 10.0. The first-order chi connectivity index (χ1) is 15.8. The SMILES string of the molecule is O=C(Nc1ccc(Cl)c(C(F)(F)F)c1)[C@@H](c1ccccc1)N1CCN(c2cnccn2)CC1. The Labute approximate surface area is 194 Å². The number of nitrogens with one attached hydrogen (secondary N) is 1. The van der Waals surface area contributed by atoms with Crippen LogP contribution in [0.3, 0.4) is 0 Å².